The summed E-state index contributed by atoms with van der Waals surface area (Å²) < 4.78 is 11.3. The first-order valence-corrected chi connectivity index (χ1v) is 7.90. The molecule has 1 aliphatic heterocycles. The Bertz CT molecular complexity index is 438. The fourth-order valence-corrected chi connectivity index (χ4v) is 3.25. The van der Waals surface area contributed by atoms with Gasteiger partial charge in [0.15, 0.2) is 11.5 Å². The van der Waals surface area contributed by atoms with Gasteiger partial charge < -0.3 is 14.6 Å². The zero-order valence-corrected chi connectivity index (χ0v) is 12.0. The predicted molar refractivity (Wildman–Crippen MR) is 78.2 cm³/mol. The molecule has 1 N–H and O–H groups in total. The lowest BCUT2D eigenvalue weighted by atomic mass is 9.96. The minimum atomic E-state index is -0.382. The maximum atomic E-state index is 10.4. The van der Waals surface area contributed by atoms with Gasteiger partial charge in [0.05, 0.1) is 19.3 Å². The monoisotopic (exact) mass is 276 g/mol. The van der Waals surface area contributed by atoms with Crippen LogP contribution in [0.4, 0.5) is 0 Å². The molecule has 0 radical (unpaired) electrons. The molecule has 110 valence electrons. The normalized spacial score (nSPS) is 20.6. The minimum absolute atomic E-state index is 0.382. The van der Waals surface area contributed by atoms with Crippen molar-refractivity contribution >= 4 is 0 Å². The Kier molecular flexibility index (Phi) is 4.46. The van der Waals surface area contributed by atoms with Gasteiger partial charge in [0.25, 0.3) is 0 Å². The van der Waals surface area contributed by atoms with E-state index in [4.69, 9.17) is 9.47 Å². The van der Waals surface area contributed by atoms with E-state index >= 15 is 0 Å². The molecule has 20 heavy (non-hydrogen) atoms. The van der Waals surface area contributed by atoms with Crippen LogP contribution in [0, 0.1) is 5.92 Å². The lowest BCUT2D eigenvalue weighted by molar-refractivity contribution is 0.156. The molecule has 1 unspecified atom stereocenters. The average molecular weight is 276 g/mol. The highest BCUT2D eigenvalue weighted by Gasteiger charge is 2.18. The third kappa shape index (κ3) is 3.26. The predicted octanol–water partition coefficient (Wildman–Crippen LogP) is 3.85. The van der Waals surface area contributed by atoms with Gasteiger partial charge in [-0.15, -0.1) is 0 Å². The van der Waals surface area contributed by atoms with E-state index in [0.717, 1.165) is 42.2 Å². The molecular weight excluding hydrogens is 252 g/mol. The highest BCUT2D eigenvalue weighted by atomic mass is 16.5. The summed E-state index contributed by atoms with van der Waals surface area (Å²) >= 11 is 0. The molecule has 3 rings (SSSR count). The second kappa shape index (κ2) is 6.49. The molecule has 2 aliphatic rings. The topological polar surface area (TPSA) is 38.7 Å². The van der Waals surface area contributed by atoms with Crippen molar-refractivity contribution in [1.82, 2.24) is 0 Å². The number of ether oxygens (including phenoxy) is 2. The van der Waals surface area contributed by atoms with Gasteiger partial charge in [-0.05, 0) is 36.5 Å². The van der Waals surface area contributed by atoms with Crippen molar-refractivity contribution in [2.24, 2.45) is 5.92 Å². The van der Waals surface area contributed by atoms with Crippen LogP contribution in [-0.2, 0) is 0 Å². The summed E-state index contributed by atoms with van der Waals surface area (Å²) in [7, 11) is 0. The van der Waals surface area contributed by atoms with Crippen LogP contribution >= 0.6 is 0 Å². The highest BCUT2D eigenvalue weighted by Crippen LogP contribution is 2.35. The van der Waals surface area contributed by atoms with E-state index in [1.54, 1.807) is 0 Å². The number of aliphatic hydroxyl groups excluding tert-OH is 1. The van der Waals surface area contributed by atoms with Crippen molar-refractivity contribution < 1.29 is 14.6 Å². The summed E-state index contributed by atoms with van der Waals surface area (Å²) in [6, 6.07) is 5.83. The number of hydrogen-bond donors (Lipinski definition) is 1. The van der Waals surface area contributed by atoms with Crippen LogP contribution in [0.15, 0.2) is 18.2 Å². The van der Waals surface area contributed by atoms with Crippen LogP contribution in [0.1, 0.15) is 56.6 Å². The van der Waals surface area contributed by atoms with E-state index < -0.39 is 0 Å². The summed E-state index contributed by atoms with van der Waals surface area (Å²) in [6.45, 7) is 1.39. The van der Waals surface area contributed by atoms with Crippen molar-refractivity contribution in [2.45, 2.75) is 51.0 Å². The maximum absolute atomic E-state index is 10.4. The van der Waals surface area contributed by atoms with Crippen molar-refractivity contribution in [3.63, 3.8) is 0 Å². The smallest absolute Gasteiger partial charge is 0.161 e. The molecule has 0 amide bonds. The summed E-state index contributed by atoms with van der Waals surface area (Å²) in [5, 5.41) is 10.4. The third-order valence-electron chi connectivity index (χ3n) is 4.48. The van der Waals surface area contributed by atoms with Crippen molar-refractivity contribution in [3.8, 4) is 11.5 Å². The summed E-state index contributed by atoms with van der Waals surface area (Å²) in [5.41, 5.74) is 0.951. The zero-order chi connectivity index (χ0) is 13.8. The quantitative estimate of drug-likeness (QED) is 0.907. The summed E-state index contributed by atoms with van der Waals surface area (Å²) in [5.74, 6) is 2.40. The molecule has 0 saturated heterocycles. The second-order valence-electron chi connectivity index (χ2n) is 6.00. The van der Waals surface area contributed by atoms with Crippen molar-refractivity contribution in [2.75, 3.05) is 13.2 Å². The maximum Gasteiger partial charge on any atom is 0.161 e. The lowest BCUT2D eigenvalue weighted by Gasteiger charge is -2.16. The Morgan fingerprint density at radius 1 is 1.05 bits per heavy atom. The van der Waals surface area contributed by atoms with Gasteiger partial charge in [0, 0.05) is 6.42 Å². The van der Waals surface area contributed by atoms with Crippen LogP contribution < -0.4 is 9.47 Å². The molecule has 1 heterocycles. The highest BCUT2D eigenvalue weighted by molar-refractivity contribution is 5.44. The molecule has 1 aromatic rings. The third-order valence-corrected chi connectivity index (χ3v) is 4.48. The Hall–Kier alpha value is -1.22. The first-order valence-electron chi connectivity index (χ1n) is 7.90. The molecule has 3 heteroatoms. The first-order chi connectivity index (χ1) is 9.83. The number of hydrogen-bond acceptors (Lipinski definition) is 3. The Morgan fingerprint density at radius 3 is 2.60 bits per heavy atom. The van der Waals surface area contributed by atoms with Gasteiger partial charge in [-0.2, -0.15) is 0 Å². The van der Waals surface area contributed by atoms with Crippen molar-refractivity contribution in [1.29, 1.82) is 0 Å². The fraction of sp³-hybridized carbons (Fsp3) is 0.647. The van der Waals surface area contributed by atoms with E-state index in [2.05, 4.69) is 0 Å². The Balaban J connectivity index is 1.62. The molecule has 0 aromatic heterocycles. The minimum Gasteiger partial charge on any atom is -0.490 e. The van der Waals surface area contributed by atoms with Crippen LogP contribution in [0.25, 0.3) is 0 Å². The number of aliphatic hydroxyl groups is 1. The molecule has 3 nitrogen and oxygen atoms in total. The average Bonchev–Trinajstić information content (AvgIpc) is 2.88. The van der Waals surface area contributed by atoms with E-state index in [-0.39, 0.29) is 6.10 Å². The van der Waals surface area contributed by atoms with E-state index in [0.29, 0.717) is 13.2 Å². The lowest BCUT2D eigenvalue weighted by Crippen LogP contribution is -2.02. The van der Waals surface area contributed by atoms with E-state index in [1.807, 2.05) is 18.2 Å². The van der Waals surface area contributed by atoms with Crippen LogP contribution in [0.3, 0.4) is 0 Å². The number of benzene rings is 1. The van der Waals surface area contributed by atoms with E-state index in [9.17, 15) is 5.11 Å². The Morgan fingerprint density at radius 2 is 1.80 bits per heavy atom. The van der Waals surface area contributed by atoms with Crippen LogP contribution in [-0.4, -0.2) is 18.3 Å². The van der Waals surface area contributed by atoms with Crippen LogP contribution in [0.2, 0.25) is 0 Å². The zero-order valence-electron chi connectivity index (χ0n) is 12.0. The van der Waals surface area contributed by atoms with Gasteiger partial charge in [-0.1, -0.05) is 31.7 Å². The van der Waals surface area contributed by atoms with E-state index in [1.165, 1.54) is 25.7 Å². The second-order valence-corrected chi connectivity index (χ2v) is 6.00. The number of fused-ring (bicyclic) bond motifs is 1. The van der Waals surface area contributed by atoms with Gasteiger partial charge in [0.1, 0.15) is 0 Å². The standard InChI is InChI=1S/C17H24O3/c18-15(8-6-13-4-1-2-5-13)14-7-9-16-17(12-14)20-11-3-10-19-16/h7,9,12-13,15,18H,1-6,8,10-11H2. The largest absolute Gasteiger partial charge is 0.490 e. The molecule has 1 saturated carbocycles. The number of rotatable bonds is 4. The molecule has 1 atom stereocenters. The van der Waals surface area contributed by atoms with Crippen molar-refractivity contribution in [3.05, 3.63) is 23.8 Å². The molecule has 0 spiro atoms. The van der Waals surface area contributed by atoms with Gasteiger partial charge in [0.2, 0.25) is 0 Å². The summed E-state index contributed by atoms with van der Waals surface area (Å²) in [6.07, 6.45) is 7.93. The molecular formula is C17H24O3. The SMILES string of the molecule is OC(CCC1CCCC1)c1ccc2c(c1)OCCCO2. The first kappa shape index (κ1) is 13.7. The van der Waals surface area contributed by atoms with Gasteiger partial charge >= 0.3 is 0 Å². The van der Waals surface area contributed by atoms with Gasteiger partial charge in [-0.3, -0.25) is 0 Å². The Labute approximate surface area is 120 Å². The summed E-state index contributed by atoms with van der Waals surface area (Å²) in [4.78, 5) is 0. The van der Waals surface area contributed by atoms with Crippen LogP contribution in [0.5, 0.6) is 11.5 Å². The molecule has 1 fully saturated rings. The fourth-order valence-electron chi connectivity index (χ4n) is 3.25. The molecule has 1 aromatic carbocycles. The van der Waals surface area contributed by atoms with Gasteiger partial charge in [-0.25, -0.2) is 0 Å². The molecule has 0 bridgehead atoms. The molecule has 1 aliphatic carbocycles.